The van der Waals surface area contributed by atoms with Gasteiger partial charge in [-0.05, 0) is 48.3 Å². The van der Waals surface area contributed by atoms with Crippen LogP contribution in [0.1, 0.15) is 32.3 Å². The van der Waals surface area contributed by atoms with Crippen LogP contribution in [-0.2, 0) is 30.2 Å². The lowest BCUT2D eigenvalue weighted by Crippen LogP contribution is -2.52. The number of carbonyl (C=O) groups excluding carboxylic acids is 1. The summed E-state index contributed by atoms with van der Waals surface area (Å²) < 4.78 is 49.8. The zero-order valence-corrected chi connectivity index (χ0v) is 21.6. The van der Waals surface area contributed by atoms with Gasteiger partial charge in [-0.2, -0.15) is 0 Å². The highest BCUT2D eigenvalue weighted by Gasteiger charge is 2.55. The van der Waals surface area contributed by atoms with Crippen molar-refractivity contribution in [3.63, 3.8) is 0 Å². The molecular formula is C25H30N2O6S2. The number of nitrogens with zero attached hydrogens (tertiary/aromatic N) is 1. The van der Waals surface area contributed by atoms with Crippen LogP contribution >= 0.6 is 0 Å². The van der Waals surface area contributed by atoms with E-state index < -0.39 is 19.7 Å². The number of fused-ring (bicyclic) bond motifs is 6. The zero-order chi connectivity index (χ0) is 25.3. The van der Waals surface area contributed by atoms with Gasteiger partial charge in [0.25, 0.3) is 5.91 Å². The van der Waals surface area contributed by atoms with E-state index in [-0.39, 0.29) is 63.1 Å². The number of allylic oxidation sites excluding steroid dienone is 1. The molecule has 2 heterocycles. The van der Waals surface area contributed by atoms with E-state index in [1.165, 1.54) is 12.1 Å². The number of aliphatic hydroxyl groups is 1. The van der Waals surface area contributed by atoms with Crippen molar-refractivity contribution in [3.05, 3.63) is 58.4 Å². The highest BCUT2D eigenvalue weighted by Crippen LogP contribution is 2.52. The lowest BCUT2D eigenvalue weighted by Gasteiger charge is -2.43. The maximum Gasteiger partial charge on any atom is 0.259 e. The van der Waals surface area contributed by atoms with E-state index in [9.17, 15) is 26.7 Å². The molecule has 2 aliphatic carbocycles. The number of anilines is 1. The predicted octanol–water partition coefficient (Wildman–Crippen LogP) is 3.16. The molecule has 188 valence electrons. The summed E-state index contributed by atoms with van der Waals surface area (Å²) in [4.78, 5) is 15.5. The molecule has 0 radical (unpaired) electrons. The Bertz CT molecular complexity index is 1410. The van der Waals surface area contributed by atoms with Crippen LogP contribution in [0.4, 0.5) is 5.69 Å². The fraction of sp³-hybridized carbons (Fsp3) is 0.480. The lowest BCUT2D eigenvalue weighted by atomic mass is 9.80. The van der Waals surface area contributed by atoms with Gasteiger partial charge in [-0.15, -0.1) is 0 Å². The molecule has 1 saturated carbocycles. The molecule has 1 amide bonds. The van der Waals surface area contributed by atoms with Crippen LogP contribution in [0.25, 0.3) is 0 Å². The normalized spacial score (nSPS) is 28.7. The molecule has 2 bridgehead atoms. The first-order chi connectivity index (χ1) is 16.4. The van der Waals surface area contributed by atoms with Crippen molar-refractivity contribution in [3.8, 4) is 0 Å². The average Bonchev–Trinajstić information content (AvgIpc) is 3.35. The third-order valence-corrected chi connectivity index (χ3v) is 9.72. The van der Waals surface area contributed by atoms with E-state index in [1.54, 1.807) is 6.07 Å². The predicted molar refractivity (Wildman–Crippen MR) is 133 cm³/mol. The minimum atomic E-state index is -3.99. The van der Waals surface area contributed by atoms with E-state index in [4.69, 9.17) is 0 Å². The van der Waals surface area contributed by atoms with E-state index in [0.717, 1.165) is 24.5 Å². The van der Waals surface area contributed by atoms with E-state index in [1.807, 2.05) is 4.90 Å². The Kier molecular flexibility index (Phi) is 5.67. The number of amides is 1. The van der Waals surface area contributed by atoms with Gasteiger partial charge in [0, 0.05) is 24.8 Å². The van der Waals surface area contributed by atoms with E-state index in [0.29, 0.717) is 18.0 Å². The number of hydrogen-bond acceptors (Lipinski definition) is 7. The van der Waals surface area contributed by atoms with Crippen LogP contribution in [-0.4, -0.2) is 51.6 Å². The zero-order valence-electron chi connectivity index (χ0n) is 19.9. The molecule has 0 aromatic heterocycles. The Balaban J connectivity index is 1.56. The van der Waals surface area contributed by atoms with Crippen molar-refractivity contribution < 1.29 is 26.7 Å². The third-order valence-electron chi connectivity index (χ3n) is 7.36. The van der Waals surface area contributed by atoms with Gasteiger partial charge in [-0.25, -0.2) is 16.8 Å². The summed E-state index contributed by atoms with van der Waals surface area (Å²) >= 11 is 0. The molecule has 1 fully saturated rings. The molecule has 2 aliphatic heterocycles. The molecule has 2 N–H and O–H groups in total. The molecule has 10 heteroatoms. The highest BCUT2D eigenvalue weighted by molar-refractivity contribution is 7.94. The number of hydrogen-bond donors (Lipinski definition) is 2. The quantitative estimate of drug-likeness (QED) is 0.555. The van der Waals surface area contributed by atoms with Crippen LogP contribution < -0.4 is 5.32 Å². The molecular weight excluding hydrogens is 488 g/mol. The molecule has 4 aliphatic rings. The van der Waals surface area contributed by atoms with Gasteiger partial charge in [0.15, 0.2) is 9.84 Å². The van der Waals surface area contributed by atoms with E-state index in [2.05, 4.69) is 31.3 Å². The Hall–Kier alpha value is -2.59. The lowest BCUT2D eigenvalue weighted by molar-refractivity contribution is -0.132. The van der Waals surface area contributed by atoms with Crippen molar-refractivity contribution in [1.29, 1.82) is 0 Å². The van der Waals surface area contributed by atoms with Crippen molar-refractivity contribution in [2.75, 3.05) is 18.1 Å². The number of carbonyl (C=O) groups is 1. The van der Waals surface area contributed by atoms with Gasteiger partial charge in [-0.1, -0.05) is 32.1 Å². The van der Waals surface area contributed by atoms with Crippen molar-refractivity contribution in [1.82, 2.24) is 4.90 Å². The summed E-state index contributed by atoms with van der Waals surface area (Å²) in [5, 5.41) is 15.3. The average molecular weight is 519 g/mol. The molecule has 0 spiro atoms. The fourth-order valence-corrected chi connectivity index (χ4v) is 7.99. The van der Waals surface area contributed by atoms with Crippen molar-refractivity contribution in [2.24, 2.45) is 23.7 Å². The number of sulfone groups is 2. The van der Waals surface area contributed by atoms with Crippen LogP contribution in [0.5, 0.6) is 0 Å². The van der Waals surface area contributed by atoms with E-state index >= 15 is 0 Å². The summed E-state index contributed by atoms with van der Waals surface area (Å²) in [6.45, 7) is 4.72. The minimum absolute atomic E-state index is 0.00499. The second kappa shape index (κ2) is 8.23. The van der Waals surface area contributed by atoms with Gasteiger partial charge >= 0.3 is 0 Å². The van der Waals surface area contributed by atoms with Gasteiger partial charge in [0.2, 0.25) is 9.84 Å². The first-order valence-electron chi connectivity index (χ1n) is 11.8. The van der Waals surface area contributed by atoms with Crippen molar-refractivity contribution >= 4 is 31.3 Å². The van der Waals surface area contributed by atoms with Gasteiger partial charge in [-0.3, -0.25) is 4.79 Å². The molecule has 35 heavy (non-hydrogen) atoms. The second-order valence-electron chi connectivity index (χ2n) is 10.5. The van der Waals surface area contributed by atoms with Crippen LogP contribution in [0.2, 0.25) is 0 Å². The van der Waals surface area contributed by atoms with Crippen LogP contribution in [0, 0.1) is 23.7 Å². The largest absolute Gasteiger partial charge is 0.511 e. The summed E-state index contributed by atoms with van der Waals surface area (Å²) in [7, 11) is -7.33. The molecule has 4 unspecified atom stereocenters. The number of aliphatic hydroxyl groups excluding tert-OH is 1. The van der Waals surface area contributed by atoms with Crippen molar-refractivity contribution in [2.45, 2.75) is 43.4 Å². The summed E-state index contributed by atoms with van der Waals surface area (Å²) in [5.74, 6) is -0.259. The Morgan fingerprint density at radius 1 is 1.20 bits per heavy atom. The smallest absolute Gasteiger partial charge is 0.259 e. The first kappa shape index (κ1) is 24.1. The molecule has 1 aromatic rings. The first-order valence-corrected chi connectivity index (χ1v) is 15.4. The summed E-state index contributed by atoms with van der Waals surface area (Å²) in [6, 6.07) is 4.28. The minimum Gasteiger partial charge on any atom is -0.511 e. The van der Waals surface area contributed by atoms with Gasteiger partial charge < -0.3 is 15.3 Å². The third kappa shape index (κ3) is 4.20. The van der Waals surface area contributed by atoms with Gasteiger partial charge in [0.05, 0.1) is 27.4 Å². The molecule has 1 aromatic carbocycles. The Labute approximate surface area is 206 Å². The summed E-state index contributed by atoms with van der Waals surface area (Å²) in [6.07, 6.45) is 6.99. The maximum absolute atomic E-state index is 13.7. The second-order valence-corrected chi connectivity index (χ2v) is 14.4. The number of benzene rings is 1. The Morgan fingerprint density at radius 3 is 2.60 bits per heavy atom. The Morgan fingerprint density at radius 2 is 1.91 bits per heavy atom. The maximum atomic E-state index is 13.7. The molecule has 0 saturated heterocycles. The topological polar surface area (TPSA) is 121 Å². The summed E-state index contributed by atoms with van der Waals surface area (Å²) in [5.41, 5.74) is 0.665. The fourth-order valence-electron chi connectivity index (χ4n) is 5.85. The number of nitrogens with one attached hydrogen (secondary N) is 1. The molecule has 4 atom stereocenters. The van der Waals surface area contributed by atoms with Gasteiger partial charge in [0.1, 0.15) is 11.3 Å². The monoisotopic (exact) mass is 518 g/mol. The standard InChI is InChI=1S/C25H30N2O6S2/c1-14(2)8-9-27-23-17-6-5-16(11-17)21(23)24(28)22(25(27)29)19-13-35(32,33)20-10-15(12-34(3,30)31)4-7-18(20)26-19/h4-7,10,13-14,16-17,21,23,26,28H,8-9,11-12H2,1-3H3. The number of rotatable bonds is 6. The highest BCUT2D eigenvalue weighted by atomic mass is 32.2. The van der Waals surface area contributed by atoms with Crippen LogP contribution in [0.3, 0.4) is 0 Å². The molecule has 8 nitrogen and oxygen atoms in total. The molecule has 5 rings (SSSR count). The van der Waals surface area contributed by atoms with Crippen LogP contribution in [0.15, 0.2) is 57.7 Å². The SMILES string of the molecule is CC(C)CCN1C(=O)C(C2=CS(=O)(=O)c3cc(CS(C)(=O)=O)ccc3N2)=C(O)C2C3C=CC(C3)C21.